The first-order chi connectivity index (χ1) is 11.7. The molecule has 4 nitrogen and oxygen atoms in total. The van der Waals surface area contributed by atoms with Crippen molar-refractivity contribution in [2.45, 2.75) is 52.5 Å². The summed E-state index contributed by atoms with van der Waals surface area (Å²) in [5, 5.41) is 10.3. The number of benzene rings is 1. The van der Waals surface area contributed by atoms with E-state index in [4.69, 9.17) is 9.15 Å². The van der Waals surface area contributed by atoms with Crippen molar-refractivity contribution in [2.75, 3.05) is 13.2 Å². The van der Waals surface area contributed by atoms with Crippen LogP contribution in [0.2, 0.25) is 0 Å². The molecule has 0 aliphatic heterocycles. The number of hydrogen-bond acceptors (Lipinski definition) is 4. The molecule has 1 aromatic carbocycles. The van der Waals surface area contributed by atoms with Crippen molar-refractivity contribution in [2.24, 2.45) is 0 Å². The van der Waals surface area contributed by atoms with Crippen LogP contribution in [-0.2, 0) is 17.8 Å². The number of halogens is 1. The third kappa shape index (κ3) is 7.38. The van der Waals surface area contributed by atoms with E-state index < -0.39 is 6.10 Å². The molecule has 0 bridgehead atoms. The van der Waals surface area contributed by atoms with E-state index in [1.54, 1.807) is 12.1 Å². The fraction of sp³-hybridized carbons (Fsp3) is 0.500. The van der Waals surface area contributed by atoms with Crippen LogP contribution in [0.3, 0.4) is 0 Å². The van der Waals surface area contributed by atoms with Crippen LogP contribution >= 0.6 is 0 Å². The van der Waals surface area contributed by atoms with Crippen molar-refractivity contribution >= 4 is 0 Å². The summed E-state index contributed by atoms with van der Waals surface area (Å²) < 4.78 is 24.4. The summed E-state index contributed by atoms with van der Waals surface area (Å²) >= 11 is 0. The maximum atomic E-state index is 13.1. The quantitative estimate of drug-likeness (QED) is 0.785. The fourth-order valence-corrected chi connectivity index (χ4v) is 2.52. The van der Waals surface area contributed by atoms with Gasteiger partial charge in [0.25, 0.3) is 0 Å². The van der Waals surface area contributed by atoms with Gasteiger partial charge in [-0.1, -0.05) is 12.1 Å². The van der Waals surface area contributed by atoms with Crippen LogP contribution < -0.4 is 0 Å². The van der Waals surface area contributed by atoms with Crippen LogP contribution in [0, 0.1) is 12.7 Å². The summed E-state index contributed by atoms with van der Waals surface area (Å²) in [6, 6.07) is 10.3. The average molecular weight is 349 g/mol. The van der Waals surface area contributed by atoms with Gasteiger partial charge in [-0.15, -0.1) is 0 Å². The summed E-state index contributed by atoms with van der Waals surface area (Å²) in [7, 11) is 0. The minimum absolute atomic E-state index is 0.254. The minimum atomic E-state index is -0.615. The van der Waals surface area contributed by atoms with Crippen molar-refractivity contribution in [3.8, 4) is 0 Å². The smallest absolute Gasteiger partial charge is 0.123 e. The molecular weight excluding hydrogens is 321 g/mol. The van der Waals surface area contributed by atoms with Crippen LogP contribution in [0.1, 0.15) is 37.9 Å². The summed E-state index contributed by atoms with van der Waals surface area (Å²) in [4.78, 5) is 2.07. The molecule has 5 heteroatoms. The second kappa shape index (κ2) is 8.61. The van der Waals surface area contributed by atoms with Crippen molar-refractivity contribution in [1.29, 1.82) is 0 Å². The Hall–Kier alpha value is -1.69. The zero-order valence-electron chi connectivity index (χ0n) is 15.5. The Morgan fingerprint density at radius 3 is 2.36 bits per heavy atom. The molecule has 138 valence electrons. The number of aryl methyl sites for hydroxylation is 1. The third-order valence-corrected chi connectivity index (χ3v) is 3.67. The van der Waals surface area contributed by atoms with Gasteiger partial charge < -0.3 is 14.3 Å². The second-order valence-corrected chi connectivity index (χ2v) is 7.39. The van der Waals surface area contributed by atoms with E-state index >= 15 is 0 Å². The highest BCUT2D eigenvalue weighted by Gasteiger charge is 2.18. The normalized spacial score (nSPS) is 13.4. The molecule has 0 saturated heterocycles. The molecule has 0 saturated carbocycles. The molecule has 1 aromatic heterocycles. The standard InChI is InChI=1S/C20H28FNO3/c1-15-5-10-19(25-15)13-22(11-16-6-8-17(21)9-7-16)12-18(23)14-24-20(2,3)4/h5-10,18,23H,11-14H2,1-4H3. The van der Waals surface area contributed by atoms with E-state index in [9.17, 15) is 9.50 Å². The van der Waals surface area contributed by atoms with Gasteiger partial charge in [0.15, 0.2) is 0 Å². The first kappa shape index (κ1) is 19.6. The lowest BCUT2D eigenvalue weighted by Crippen LogP contribution is -2.36. The molecule has 1 atom stereocenters. The Kier molecular flexibility index (Phi) is 6.76. The summed E-state index contributed by atoms with van der Waals surface area (Å²) in [5.74, 6) is 1.44. The fourth-order valence-electron chi connectivity index (χ4n) is 2.52. The number of nitrogens with zero attached hydrogens (tertiary/aromatic N) is 1. The maximum Gasteiger partial charge on any atom is 0.123 e. The van der Waals surface area contributed by atoms with E-state index in [1.807, 2.05) is 39.8 Å². The number of hydrogen-bond donors (Lipinski definition) is 1. The van der Waals surface area contributed by atoms with Crippen LogP contribution in [0.25, 0.3) is 0 Å². The predicted octanol–water partition coefficient (Wildman–Crippen LogP) is 3.91. The van der Waals surface area contributed by atoms with Gasteiger partial charge in [-0.05, 0) is 57.5 Å². The Morgan fingerprint density at radius 1 is 1.12 bits per heavy atom. The van der Waals surface area contributed by atoms with E-state index in [0.717, 1.165) is 17.1 Å². The Balaban J connectivity index is 2.01. The van der Waals surface area contributed by atoms with Crippen molar-refractivity contribution < 1.29 is 18.7 Å². The average Bonchev–Trinajstić information content (AvgIpc) is 2.92. The predicted molar refractivity (Wildman–Crippen MR) is 95.7 cm³/mol. The summed E-state index contributed by atoms with van der Waals surface area (Å²) in [6.45, 7) is 9.64. The zero-order valence-corrected chi connectivity index (χ0v) is 15.5. The molecule has 2 aromatic rings. The van der Waals surface area contributed by atoms with Crippen LogP contribution in [-0.4, -0.2) is 34.9 Å². The Labute approximate surface area is 149 Å². The SMILES string of the molecule is Cc1ccc(CN(Cc2ccc(F)cc2)CC(O)COC(C)(C)C)o1. The molecule has 1 N–H and O–H groups in total. The van der Waals surface area contributed by atoms with Crippen LogP contribution in [0.5, 0.6) is 0 Å². The largest absolute Gasteiger partial charge is 0.465 e. The number of aliphatic hydroxyl groups excluding tert-OH is 1. The topological polar surface area (TPSA) is 45.8 Å². The molecule has 0 spiro atoms. The van der Waals surface area contributed by atoms with Gasteiger partial charge in [0.2, 0.25) is 0 Å². The second-order valence-electron chi connectivity index (χ2n) is 7.39. The molecule has 1 heterocycles. The lowest BCUT2D eigenvalue weighted by Gasteiger charge is -2.27. The molecule has 2 rings (SSSR count). The highest BCUT2D eigenvalue weighted by molar-refractivity contribution is 5.16. The number of ether oxygens (including phenoxy) is 1. The van der Waals surface area contributed by atoms with Gasteiger partial charge in [0, 0.05) is 13.1 Å². The van der Waals surface area contributed by atoms with Crippen molar-refractivity contribution in [3.05, 3.63) is 59.3 Å². The van der Waals surface area contributed by atoms with Gasteiger partial charge in [-0.2, -0.15) is 0 Å². The monoisotopic (exact) mass is 349 g/mol. The zero-order chi connectivity index (χ0) is 18.4. The van der Waals surface area contributed by atoms with Crippen LogP contribution in [0.4, 0.5) is 4.39 Å². The Morgan fingerprint density at radius 2 is 1.80 bits per heavy atom. The van der Waals surface area contributed by atoms with E-state index in [0.29, 0.717) is 19.6 Å². The molecule has 0 amide bonds. The van der Waals surface area contributed by atoms with E-state index in [-0.39, 0.29) is 18.0 Å². The molecular formula is C20H28FNO3. The lowest BCUT2D eigenvalue weighted by molar-refractivity contribution is -0.0576. The first-order valence-corrected chi connectivity index (χ1v) is 8.55. The Bertz CT molecular complexity index is 646. The van der Waals surface area contributed by atoms with E-state index in [2.05, 4.69) is 4.90 Å². The highest BCUT2D eigenvalue weighted by atomic mass is 19.1. The summed E-state index contributed by atoms with van der Waals surface area (Å²) in [5.41, 5.74) is 0.689. The molecule has 0 aliphatic carbocycles. The van der Waals surface area contributed by atoms with Crippen molar-refractivity contribution in [3.63, 3.8) is 0 Å². The van der Waals surface area contributed by atoms with Crippen LogP contribution in [0.15, 0.2) is 40.8 Å². The number of aliphatic hydroxyl groups is 1. The summed E-state index contributed by atoms with van der Waals surface area (Å²) in [6.07, 6.45) is -0.615. The molecule has 1 unspecified atom stereocenters. The van der Waals surface area contributed by atoms with Crippen molar-refractivity contribution in [1.82, 2.24) is 4.90 Å². The lowest BCUT2D eigenvalue weighted by atomic mass is 10.2. The number of rotatable bonds is 8. The van der Waals surface area contributed by atoms with Gasteiger partial charge in [-0.3, -0.25) is 4.90 Å². The van der Waals surface area contributed by atoms with Gasteiger partial charge in [-0.25, -0.2) is 4.39 Å². The minimum Gasteiger partial charge on any atom is -0.465 e. The molecule has 0 aliphatic rings. The number of furan rings is 1. The maximum absolute atomic E-state index is 13.1. The highest BCUT2D eigenvalue weighted by Crippen LogP contribution is 2.15. The van der Waals surface area contributed by atoms with Gasteiger partial charge in [0.05, 0.1) is 24.9 Å². The first-order valence-electron chi connectivity index (χ1n) is 8.55. The van der Waals surface area contributed by atoms with Gasteiger partial charge in [0.1, 0.15) is 17.3 Å². The molecule has 25 heavy (non-hydrogen) atoms. The molecule has 0 fully saturated rings. The molecule has 0 radical (unpaired) electrons. The van der Waals surface area contributed by atoms with E-state index in [1.165, 1.54) is 12.1 Å². The third-order valence-electron chi connectivity index (χ3n) is 3.67. The van der Waals surface area contributed by atoms with Gasteiger partial charge >= 0.3 is 0 Å².